The van der Waals surface area contributed by atoms with Crippen LogP contribution < -0.4 is 15.4 Å². The molecule has 1 aromatic heterocycles. The smallest absolute Gasteiger partial charge is 0.192 e. The van der Waals surface area contributed by atoms with Gasteiger partial charge in [-0.05, 0) is 68.0 Å². The molecule has 1 aliphatic carbocycles. The molecule has 1 aliphatic rings. The number of benzene rings is 2. The van der Waals surface area contributed by atoms with Crippen LogP contribution in [0.1, 0.15) is 43.9 Å². The minimum absolute atomic E-state index is 0.116. The van der Waals surface area contributed by atoms with Gasteiger partial charge in [-0.15, -0.1) is 0 Å². The summed E-state index contributed by atoms with van der Waals surface area (Å²) in [5, 5.41) is 10.7. The van der Waals surface area contributed by atoms with Crippen molar-refractivity contribution in [3.8, 4) is 11.4 Å². The maximum Gasteiger partial charge on any atom is 0.192 e. The van der Waals surface area contributed by atoms with Crippen molar-refractivity contribution >= 4 is 5.96 Å². The molecule has 2 N–H and O–H groups in total. The van der Waals surface area contributed by atoms with Gasteiger partial charge in [0, 0.05) is 6.54 Å². The van der Waals surface area contributed by atoms with E-state index in [2.05, 4.69) is 25.7 Å². The van der Waals surface area contributed by atoms with E-state index >= 15 is 0 Å². The lowest BCUT2D eigenvalue weighted by atomic mass is 10.1. The molecular formula is C24H29FN6O. The first kappa shape index (κ1) is 21.8. The number of aliphatic imine (C=N–C) groups is 1. The zero-order chi connectivity index (χ0) is 22.3. The molecule has 1 heterocycles. The Bertz CT molecular complexity index is 1030. The van der Waals surface area contributed by atoms with Gasteiger partial charge in [0.25, 0.3) is 0 Å². The summed E-state index contributed by atoms with van der Waals surface area (Å²) in [4.78, 5) is 8.64. The first-order valence-corrected chi connectivity index (χ1v) is 11.0. The number of hydrogen-bond acceptors (Lipinski definition) is 4. The van der Waals surface area contributed by atoms with Gasteiger partial charge < -0.3 is 15.4 Å². The summed E-state index contributed by atoms with van der Waals surface area (Å²) in [7, 11) is 0. The highest BCUT2D eigenvalue weighted by Gasteiger charge is 2.22. The number of aromatic nitrogens is 3. The van der Waals surface area contributed by atoms with Crippen molar-refractivity contribution in [2.75, 3.05) is 13.2 Å². The third-order valence-electron chi connectivity index (χ3n) is 5.36. The van der Waals surface area contributed by atoms with Gasteiger partial charge in [-0.1, -0.05) is 18.2 Å². The van der Waals surface area contributed by atoms with E-state index in [0.29, 0.717) is 30.8 Å². The minimum Gasteiger partial charge on any atom is -0.490 e. The topological polar surface area (TPSA) is 76.4 Å². The Morgan fingerprint density at radius 3 is 2.72 bits per heavy atom. The average Bonchev–Trinajstić information content (AvgIpc) is 3.47. The van der Waals surface area contributed by atoms with E-state index in [0.717, 1.165) is 23.4 Å². The lowest BCUT2D eigenvalue weighted by Crippen LogP contribution is -2.38. The number of hydrogen-bond donors (Lipinski definition) is 2. The van der Waals surface area contributed by atoms with Crippen molar-refractivity contribution in [1.29, 1.82) is 0 Å². The fraction of sp³-hybridized carbons (Fsp3) is 0.375. The van der Waals surface area contributed by atoms with Crippen molar-refractivity contribution in [3.05, 3.63) is 72.1 Å². The predicted octanol–water partition coefficient (Wildman–Crippen LogP) is 4.01. The normalized spacial score (nSPS) is 14.8. The van der Waals surface area contributed by atoms with E-state index in [1.54, 1.807) is 17.1 Å². The van der Waals surface area contributed by atoms with E-state index in [1.807, 2.05) is 44.2 Å². The van der Waals surface area contributed by atoms with E-state index in [1.165, 1.54) is 25.2 Å². The maximum atomic E-state index is 14.5. The lowest BCUT2D eigenvalue weighted by molar-refractivity contribution is 0.285. The molecule has 0 amide bonds. The Labute approximate surface area is 187 Å². The molecule has 0 spiro atoms. The number of nitrogens with one attached hydrogen (secondary N) is 2. The van der Waals surface area contributed by atoms with Crippen LogP contribution in [0.5, 0.6) is 5.75 Å². The maximum absolute atomic E-state index is 14.5. The zero-order valence-corrected chi connectivity index (χ0v) is 18.5. The predicted molar refractivity (Wildman–Crippen MR) is 122 cm³/mol. The first-order chi connectivity index (χ1) is 15.6. The summed E-state index contributed by atoms with van der Waals surface area (Å²) < 4.78 is 21.8. The fourth-order valence-electron chi connectivity index (χ4n) is 3.27. The fourth-order valence-corrected chi connectivity index (χ4v) is 3.27. The van der Waals surface area contributed by atoms with Crippen molar-refractivity contribution in [2.24, 2.45) is 10.9 Å². The molecule has 0 bridgehead atoms. The molecule has 1 unspecified atom stereocenters. The van der Waals surface area contributed by atoms with Crippen molar-refractivity contribution in [3.63, 3.8) is 0 Å². The Balaban J connectivity index is 1.37. The summed E-state index contributed by atoms with van der Waals surface area (Å²) >= 11 is 0. The Kier molecular flexibility index (Phi) is 6.99. The molecule has 32 heavy (non-hydrogen) atoms. The first-order valence-electron chi connectivity index (χ1n) is 11.0. The van der Waals surface area contributed by atoms with Crippen LogP contribution in [0.3, 0.4) is 0 Å². The molecule has 168 valence electrons. The number of guanidine groups is 1. The van der Waals surface area contributed by atoms with Crippen LogP contribution >= 0.6 is 0 Å². The quantitative estimate of drug-likeness (QED) is 0.392. The zero-order valence-electron chi connectivity index (χ0n) is 18.5. The Morgan fingerprint density at radius 1 is 1.25 bits per heavy atom. The van der Waals surface area contributed by atoms with Crippen LogP contribution in [0.25, 0.3) is 5.69 Å². The Morgan fingerprint density at radius 2 is 2.06 bits per heavy atom. The van der Waals surface area contributed by atoms with Crippen LogP contribution in [0, 0.1) is 11.7 Å². The van der Waals surface area contributed by atoms with Gasteiger partial charge in [-0.25, -0.2) is 19.0 Å². The Hall–Kier alpha value is -3.42. The largest absolute Gasteiger partial charge is 0.490 e. The van der Waals surface area contributed by atoms with E-state index in [4.69, 9.17) is 4.74 Å². The van der Waals surface area contributed by atoms with Crippen molar-refractivity contribution < 1.29 is 9.13 Å². The number of halogens is 1. The molecule has 2 aromatic carbocycles. The molecule has 4 rings (SSSR count). The van der Waals surface area contributed by atoms with Gasteiger partial charge in [0.05, 0.1) is 24.9 Å². The second-order valence-electron chi connectivity index (χ2n) is 8.01. The molecule has 7 nitrogen and oxygen atoms in total. The van der Waals surface area contributed by atoms with Crippen molar-refractivity contribution in [2.45, 2.75) is 39.3 Å². The summed E-state index contributed by atoms with van der Waals surface area (Å²) in [5.41, 5.74) is 2.85. The summed E-state index contributed by atoms with van der Waals surface area (Å²) in [6, 6.07) is 13.0. The van der Waals surface area contributed by atoms with E-state index < -0.39 is 0 Å². The third-order valence-corrected chi connectivity index (χ3v) is 5.36. The van der Waals surface area contributed by atoms with Gasteiger partial charge >= 0.3 is 0 Å². The molecular weight excluding hydrogens is 407 g/mol. The summed E-state index contributed by atoms with van der Waals surface area (Å²) in [6.07, 6.45) is 5.53. The summed E-state index contributed by atoms with van der Waals surface area (Å²) in [5.74, 6) is 1.26. The standard InChI is InChI=1S/C24H29FN6O/c1-3-27-24(28-13-18-6-9-21(10-7-18)31-16-26-15-29-31)30-17(2)20-8-11-23(22(25)12-20)32-14-19-4-5-19/h6-12,15-17,19H,3-5,13-14H2,1-2H3,(H2,27,28,30). The molecule has 0 radical (unpaired) electrons. The molecule has 1 atom stereocenters. The van der Waals surface area contributed by atoms with E-state index in [9.17, 15) is 4.39 Å². The van der Waals surface area contributed by atoms with Crippen LogP contribution in [-0.4, -0.2) is 33.9 Å². The summed E-state index contributed by atoms with van der Waals surface area (Å²) in [6.45, 7) is 5.84. The van der Waals surface area contributed by atoms with E-state index in [-0.39, 0.29) is 11.9 Å². The van der Waals surface area contributed by atoms with Gasteiger partial charge in [0.1, 0.15) is 12.7 Å². The van der Waals surface area contributed by atoms with Gasteiger partial charge in [0.15, 0.2) is 17.5 Å². The van der Waals surface area contributed by atoms with Gasteiger partial charge in [-0.2, -0.15) is 5.10 Å². The molecule has 1 saturated carbocycles. The number of rotatable bonds is 9. The highest BCUT2D eigenvalue weighted by molar-refractivity contribution is 5.80. The van der Waals surface area contributed by atoms with Crippen molar-refractivity contribution in [1.82, 2.24) is 25.4 Å². The molecule has 0 aliphatic heterocycles. The molecule has 1 fully saturated rings. The second-order valence-corrected chi connectivity index (χ2v) is 8.01. The van der Waals surface area contributed by atoms with Crippen LogP contribution in [0.4, 0.5) is 4.39 Å². The average molecular weight is 437 g/mol. The van der Waals surface area contributed by atoms with Gasteiger partial charge in [0.2, 0.25) is 0 Å². The van der Waals surface area contributed by atoms with Crippen LogP contribution in [0.2, 0.25) is 0 Å². The lowest BCUT2D eigenvalue weighted by Gasteiger charge is -2.19. The van der Waals surface area contributed by atoms with Crippen LogP contribution in [-0.2, 0) is 6.54 Å². The molecule has 0 saturated heterocycles. The second kappa shape index (κ2) is 10.3. The number of nitrogens with zero attached hydrogens (tertiary/aromatic N) is 4. The van der Waals surface area contributed by atoms with Gasteiger partial charge in [-0.3, -0.25) is 0 Å². The third kappa shape index (κ3) is 5.84. The highest BCUT2D eigenvalue weighted by Crippen LogP contribution is 2.30. The highest BCUT2D eigenvalue weighted by atomic mass is 19.1. The monoisotopic (exact) mass is 436 g/mol. The molecule has 8 heteroatoms. The number of ether oxygens (including phenoxy) is 1. The molecule has 3 aromatic rings. The van der Waals surface area contributed by atoms with Crippen LogP contribution in [0.15, 0.2) is 60.1 Å². The SMILES string of the molecule is CCNC(=NCc1ccc(-n2cncn2)cc1)NC(C)c1ccc(OCC2CC2)c(F)c1. The minimum atomic E-state index is -0.328.